The molecule has 3 aliphatic rings. The van der Waals surface area contributed by atoms with Crippen molar-refractivity contribution in [2.24, 2.45) is 0 Å². The standard InChI is InChI=1S/3C5H5.3C4H9.3ClH.3Zr/c3*1-2-4-5-3-1;3*1-3-4-2;;;;;;/h3*1-3H,4H2;3*1,3-4H2,2H3;3*1H;;;/q6*-1;;;;3*+2/p-3. The Morgan fingerprint density at radius 3 is 0.727 bits per heavy atom. The van der Waals surface area contributed by atoms with Crippen molar-refractivity contribution in [3.8, 4) is 0 Å². The van der Waals surface area contributed by atoms with Crippen LogP contribution >= 0.6 is 0 Å². The van der Waals surface area contributed by atoms with Gasteiger partial charge in [0.15, 0.2) is 0 Å². The molecule has 0 unspecified atom stereocenters. The minimum absolute atomic E-state index is 0. The number of hydrogen-bond donors (Lipinski definition) is 0. The van der Waals surface area contributed by atoms with Gasteiger partial charge in [-0.3, -0.25) is 18.2 Å². The Balaban J connectivity index is -0.0000000290. The number of halogens is 3. The van der Waals surface area contributed by atoms with Crippen LogP contribution in [-0.4, -0.2) is 0 Å². The summed E-state index contributed by atoms with van der Waals surface area (Å²) in [5, 5.41) is 0. The average Bonchev–Trinajstić information content (AvgIpc) is 3.54. The molecule has 0 heterocycles. The van der Waals surface area contributed by atoms with Gasteiger partial charge in [0, 0.05) is 0 Å². The van der Waals surface area contributed by atoms with Gasteiger partial charge in [0.2, 0.25) is 0 Å². The second kappa shape index (κ2) is 70.0. The zero-order valence-electron chi connectivity index (χ0n) is 20.8. The predicted octanol–water partition coefficient (Wildman–Crippen LogP) is -0.217. The Hall–Kier alpha value is 1.96. The SMILES string of the molecule is [C-]1=CC=CC1.[C-]1=CC=CC1.[C-]1=CC=CC1.[CH2-]CCC.[CH2-]CCC.[CH2-]CCC.[Cl-].[Cl-].[Cl-].[Zr+2].[Zr+2].[Zr+2]. The van der Waals surface area contributed by atoms with Crippen LogP contribution in [0.15, 0.2) is 54.7 Å². The van der Waals surface area contributed by atoms with E-state index in [0.717, 1.165) is 38.5 Å². The summed E-state index contributed by atoms with van der Waals surface area (Å²) in [6.07, 6.45) is 36.8. The number of unbranched alkanes of at least 4 members (excludes halogenated alkanes) is 3. The van der Waals surface area contributed by atoms with Crippen LogP contribution in [0.3, 0.4) is 0 Å². The molecule has 186 valence electrons. The van der Waals surface area contributed by atoms with Gasteiger partial charge in [-0.05, 0) is 0 Å². The molecule has 3 rings (SSSR count). The molecular formula is C27H42Cl3Zr3-3. The van der Waals surface area contributed by atoms with E-state index in [1.807, 2.05) is 36.5 Å². The van der Waals surface area contributed by atoms with E-state index in [2.05, 4.69) is 78.0 Å². The summed E-state index contributed by atoms with van der Waals surface area (Å²) in [6.45, 7) is 17.2. The van der Waals surface area contributed by atoms with E-state index in [0.29, 0.717) is 0 Å². The summed E-state index contributed by atoms with van der Waals surface area (Å²) in [5.74, 6) is 0. The summed E-state index contributed by atoms with van der Waals surface area (Å²) in [7, 11) is 0. The van der Waals surface area contributed by atoms with Crippen LogP contribution in [0.1, 0.15) is 78.6 Å². The first kappa shape index (κ1) is 59.8. The molecule has 3 aliphatic carbocycles. The zero-order valence-corrected chi connectivity index (χ0v) is 30.5. The third-order valence-electron chi connectivity index (χ3n) is 2.82. The number of rotatable bonds is 3. The van der Waals surface area contributed by atoms with Crippen molar-refractivity contribution in [1.82, 2.24) is 0 Å². The van der Waals surface area contributed by atoms with Crippen molar-refractivity contribution < 1.29 is 116 Å². The van der Waals surface area contributed by atoms with E-state index < -0.39 is 0 Å². The Morgan fingerprint density at radius 1 is 0.515 bits per heavy atom. The predicted molar refractivity (Wildman–Crippen MR) is 126 cm³/mol. The molecule has 0 saturated heterocycles. The summed E-state index contributed by atoms with van der Waals surface area (Å²) in [6, 6.07) is 0. The van der Waals surface area contributed by atoms with Gasteiger partial charge in [0.05, 0.1) is 0 Å². The van der Waals surface area contributed by atoms with Crippen molar-refractivity contribution in [3.63, 3.8) is 0 Å². The minimum atomic E-state index is 0. The summed E-state index contributed by atoms with van der Waals surface area (Å²) in [4.78, 5) is 0. The molecule has 0 spiro atoms. The third kappa shape index (κ3) is 87.1. The fourth-order valence-corrected chi connectivity index (χ4v) is 1.02. The molecule has 0 radical (unpaired) electrons. The van der Waals surface area contributed by atoms with Crippen molar-refractivity contribution >= 4 is 0 Å². The number of allylic oxidation sites excluding steroid dienone is 12. The molecule has 0 aromatic carbocycles. The largest absolute Gasteiger partial charge is 2.00 e. The third-order valence-corrected chi connectivity index (χ3v) is 2.82. The summed E-state index contributed by atoms with van der Waals surface area (Å²) < 4.78 is 0. The molecule has 0 atom stereocenters. The van der Waals surface area contributed by atoms with Crippen LogP contribution in [0, 0.1) is 39.0 Å². The Bertz CT molecular complexity index is 319. The van der Waals surface area contributed by atoms with Gasteiger partial charge in [-0.1, -0.05) is 40.0 Å². The number of hydrogen-bond acceptors (Lipinski definition) is 0. The van der Waals surface area contributed by atoms with Crippen LogP contribution in [0.25, 0.3) is 0 Å². The van der Waals surface area contributed by atoms with Crippen molar-refractivity contribution in [3.05, 3.63) is 93.7 Å². The van der Waals surface area contributed by atoms with Crippen LogP contribution < -0.4 is 37.2 Å². The zero-order chi connectivity index (χ0) is 20.8. The van der Waals surface area contributed by atoms with Crippen LogP contribution in [0.5, 0.6) is 0 Å². The van der Waals surface area contributed by atoms with Crippen LogP contribution in [-0.2, 0) is 78.6 Å². The van der Waals surface area contributed by atoms with Gasteiger partial charge < -0.3 is 58.0 Å². The topological polar surface area (TPSA) is 0 Å². The van der Waals surface area contributed by atoms with Gasteiger partial charge in [-0.15, -0.1) is 19.3 Å². The molecule has 0 aromatic heterocycles. The van der Waals surface area contributed by atoms with E-state index >= 15 is 0 Å². The second-order valence-corrected chi connectivity index (χ2v) is 5.57. The molecule has 0 N–H and O–H groups in total. The monoisotopic (exact) mass is 741 g/mol. The van der Waals surface area contributed by atoms with Crippen molar-refractivity contribution in [2.75, 3.05) is 0 Å². The normalized spacial score (nSPS) is 10.7. The Labute approximate surface area is 284 Å². The maximum atomic E-state index is 3.60. The first-order valence-electron chi connectivity index (χ1n) is 10.3. The van der Waals surface area contributed by atoms with Gasteiger partial charge in [0.25, 0.3) is 0 Å². The molecule has 0 saturated carbocycles. The molecule has 6 heteroatoms. The molecule has 0 aliphatic heterocycles. The smallest absolute Gasteiger partial charge is 1.00 e. The summed E-state index contributed by atoms with van der Waals surface area (Å²) >= 11 is 0. The van der Waals surface area contributed by atoms with Gasteiger partial charge in [-0.25, -0.2) is 36.5 Å². The van der Waals surface area contributed by atoms with Crippen LogP contribution in [0.4, 0.5) is 0 Å². The van der Waals surface area contributed by atoms with Gasteiger partial charge in [0.1, 0.15) is 0 Å². The second-order valence-electron chi connectivity index (χ2n) is 5.57. The molecular weight excluding hydrogens is 704 g/mol. The van der Waals surface area contributed by atoms with E-state index in [4.69, 9.17) is 0 Å². The molecule has 0 bridgehead atoms. The minimum Gasteiger partial charge on any atom is -1.00 e. The molecule has 0 fully saturated rings. The first-order valence-corrected chi connectivity index (χ1v) is 10.3. The van der Waals surface area contributed by atoms with E-state index in [-0.39, 0.29) is 116 Å². The average molecular weight is 747 g/mol. The Kier molecular flexibility index (Phi) is 127. The Morgan fingerprint density at radius 2 is 0.697 bits per heavy atom. The van der Waals surface area contributed by atoms with Crippen LogP contribution in [0.2, 0.25) is 0 Å². The van der Waals surface area contributed by atoms with Crippen molar-refractivity contribution in [1.29, 1.82) is 0 Å². The molecule has 0 amide bonds. The van der Waals surface area contributed by atoms with E-state index in [9.17, 15) is 0 Å². The fraction of sp³-hybridized carbons (Fsp3) is 0.444. The van der Waals surface area contributed by atoms with E-state index in [1.165, 1.54) is 19.3 Å². The summed E-state index contributed by atoms with van der Waals surface area (Å²) in [5.41, 5.74) is 0. The first-order chi connectivity index (χ1) is 13.2. The molecule has 0 aromatic rings. The quantitative estimate of drug-likeness (QED) is 0.351. The van der Waals surface area contributed by atoms with Crippen molar-refractivity contribution in [2.45, 2.75) is 78.6 Å². The van der Waals surface area contributed by atoms with Gasteiger partial charge >= 0.3 is 78.6 Å². The maximum absolute atomic E-state index is 3.60. The fourth-order valence-electron chi connectivity index (χ4n) is 1.02. The van der Waals surface area contributed by atoms with Gasteiger partial charge in [-0.2, -0.15) is 37.5 Å². The molecule has 33 heavy (non-hydrogen) atoms. The molecule has 0 nitrogen and oxygen atoms in total. The van der Waals surface area contributed by atoms with E-state index in [1.54, 1.807) is 0 Å². The maximum Gasteiger partial charge on any atom is 2.00 e.